The molecule has 0 aliphatic rings. The van der Waals surface area contributed by atoms with Crippen LogP contribution < -0.4 is 0 Å². The second kappa shape index (κ2) is 3.87. The van der Waals surface area contributed by atoms with Gasteiger partial charge in [-0.2, -0.15) is 0 Å². The summed E-state index contributed by atoms with van der Waals surface area (Å²) in [4.78, 5) is 0. The highest BCUT2D eigenvalue weighted by Gasteiger charge is 1.71. The van der Waals surface area contributed by atoms with Crippen LogP contribution in [0.4, 0.5) is 0 Å². The topological polar surface area (TPSA) is 0 Å². The molecule has 6 heavy (non-hydrogen) atoms. The van der Waals surface area contributed by atoms with Gasteiger partial charge in [0.15, 0.2) is 0 Å². The molecule has 0 aromatic rings. The van der Waals surface area contributed by atoms with Gasteiger partial charge in [0.2, 0.25) is 0 Å². The summed E-state index contributed by atoms with van der Waals surface area (Å²) in [6.07, 6.45) is 1.74. The number of rotatable bonds is 1. The minimum atomic E-state index is 1.03. The predicted molar refractivity (Wildman–Crippen MR) is 41.2 cm³/mol. The van der Waals surface area contributed by atoms with Crippen molar-refractivity contribution in [2.24, 2.45) is 0 Å². The summed E-state index contributed by atoms with van der Waals surface area (Å²) in [5, 5.41) is 0. The molecule has 2 heteroatoms. The van der Waals surface area contributed by atoms with Gasteiger partial charge < -0.3 is 0 Å². The summed E-state index contributed by atoms with van der Waals surface area (Å²) >= 11 is 5.34. The van der Waals surface area contributed by atoms with Crippen LogP contribution in [0.1, 0.15) is 0 Å². The van der Waals surface area contributed by atoms with Gasteiger partial charge in [-0.1, -0.05) is 51.2 Å². The molecule has 0 N–H and O–H groups in total. The number of hydrogen-bond donors (Lipinski definition) is 0. The van der Waals surface area contributed by atoms with E-state index < -0.39 is 0 Å². The van der Waals surface area contributed by atoms with E-state index in [1.807, 2.05) is 4.08 Å². The molecule has 0 saturated heterocycles. The number of halogens is 2. The lowest BCUT2D eigenvalue weighted by Crippen LogP contribution is -1.46. The first-order valence-electron chi connectivity index (χ1n) is 1.39. The Balaban J connectivity index is 3.50. The van der Waals surface area contributed by atoms with Gasteiger partial charge in [0.25, 0.3) is 0 Å². The van der Waals surface area contributed by atoms with Gasteiger partial charge in [0, 0.05) is 4.48 Å². The van der Waals surface area contributed by atoms with Crippen LogP contribution in [-0.2, 0) is 0 Å². The molecule has 0 radical (unpaired) electrons. The molecular formula is C4H4BrI. The summed E-state index contributed by atoms with van der Waals surface area (Å²) in [5.41, 5.74) is 0. The van der Waals surface area contributed by atoms with E-state index in [2.05, 4.69) is 45.1 Å². The zero-order valence-corrected chi connectivity index (χ0v) is 6.86. The molecule has 0 fully saturated rings. The van der Waals surface area contributed by atoms with Crippen molar-refractivity contribution >= 4 is 38.5 Å². The normalized spacial score (nSPS) is 11.3. The van der Waals surface area contributed by atoms with Crippen molar-refractivity contribution < 1.29 is 0 Å². The Bertz CT molecular complexity index is 75.6. The first-order valence-corrected chi connectivity index (χ1v) is 3.43. The van der Waals surface area contributed by atoms with E-state index in [-0.39, 0.29) is 0 Å². The molecule has 0 aromatic heterocycles. The van der Waals surface area contributed by atoms with Crippen LogP contribution in [0.15, 0.2) is 21.2 Å². The zero-order chi connectivity index (χ0) is 4.99. The molecule has 0 nitrogen and oxygen atoms in total. The third kappa shape index (κ3) is 2.90. The monoisotopic (exact) mass is 258 g/mol. The highest BCUT2D eigenvalue weighted by molar-refractivity contribution is 14.1. The third-order valence-electron chi connectivity index (χ3n) is 0.299. The zero-order valence-electron chi connectivity index (χ0n) is 3.12. The molecule has 0 aromatic carbocycles. The molecule has 0 amide bonds. The van der Waals surface area contributed by atoms with Gasteiger partial charge in [-0.05, 0) is 4.08 Å². The van der Waals surface area contributed by atoms with Crippen LogP contribution in [0.25, 0.3) is 0 Å². The first kappa shape index (κ1) is 6.69. The van der Waals surface area contributed by atoms with Crippen molar-refractivity contribution in [2.75, 3.05) is 0 Å². The molecule has 0 saturated carbocycles. The van der Waals surface area contributed by atoms with Crippen molar-refractivity contribution in [3.8, 4) is 0 Å². The van der Waals surface area contributed by atoms with E-state index in [1.165, 1.54) is 0 Å². The molecule has 0 rings (SSSR count). The Morgan fingerprint density at radius 3 is 2.33 bits per heavy atom. The average molecular weight is 259 g/mol. The van der Waals surface area contributed by atoms with Crippen molar-refractivity contribution in [1.29, 1.82) is 0 Å². The average Bonchev–Trinajstić information content (AvgIpc) is 1.65. The fourth-order valence-corrected chi connectivity index (χ4v) is 0.299. The van der Waals surface area contributed by atoms with Crippen molar-refractivity contribution in [2.45, 2.75) is 0 Å². The lowest BCUT2D eigenvalue weighted by molar-refractivity contribution is 2.08. The predicted octanol–water partition coefficient (Wildman–Crippen LogP) is 2.84. The van der Waals surface area contributed by atoms with E-state index in [4.69, 9.17) is 0 Å². The fraction of sp³-hybridized carbons (Fsp3) is 0. The fourth-order valence-electron chi connectivity index (χ4n) is 0.0445. The van der Waals surface area contributed by atoms with E-state index in [9.17, 15) is 0 Å². The second-order valence-electron chi connectivity index (χ2n) is 0.698. The first-order chi connectivity index (χ1) is 2.81. The van der Waals surface area contributed by atoms with Crippen molar-refractivity contribution in [3.63, 3.8) is 0 Å². The maximum absolute atomic E-state index is 3.51. The molecule has 0 atom stereocenters. The second-order valence-corrected chi connectivity index (χ2v) is 2.24. The maximum atomic E-state index is 3.51. The molecular weight excluding hydrogens is 255 g/mol. The van der Waals surface area contributed by atoms with E-state index in [0.717, 1.165) is 4.48 Å². The van der Waals surface area contributed by atoms with Crippen LogP contribution in [0, 0.1) is 0 Å². The highest BCUT2D eigenvalue weighted by Crippen LogP contribution is 2.06. The third-order valence-corrected chi connectivity index (χ3v) is 2.38. The standard InChI is InChI=1S/C4H4BrI/c1-2-4(5)3-6/h2-3H,1H2/b4-3+. The van der Waals surface area contributed by atoms with Gasteiger partial charge in [0.05, 0.1) is 0 Å². The largest absolute Gasteiger partial charge is 0.0979 e. The van der Waals surface area contributed by atoms with E-state index in [0.29, 0.717) is 0 Å². The SMILES string of the molecule is C=C/C(Br)=C\I. The molecule has 0 aliphatic carbocycles. The van der Waals surface area contributed by atoms with Crippen molar-refractivity contribution in [1.82, 2.24) is 0 Å². The lowest BCUT2D eigenvalue weighted by atomic mass is 10.6. The highest BCUT2D eigenvalue weighted by atomic mass is 127. The van der Waals surface area contributed by atoms with Gasteiger partial charge in [-0.25, -0.2) is 0 Å². The molecule has 0 heterocycles. The van der Waals surface area contributed by atoms with Gasteiger partial charge in [0.1, 0.15) is 0 Å². The Morgan fingerprint density at radius 1 is 1.83 bits per heavy atom. The maximum Gasteiger partial charge on any atom is 0.0229 e. The van der Waals surface area contributed by atoms with Crippen LogP contribution >= 0.6 is 38.5 Å². The lowest BCUT2D eigenvalue weighted by Gasteiger charge is -1.74. The summed E-state index contributed by atoms with van der Waals surface area (Å²) in [5.74, 6) is 0. The Hall–Kier alpha value is 0.690. The summed E-state index contributed by atoms with van der Waals surface area (Å²) < 4.78 is 2.94. The van der Waals surface area contributed by atoms with Gasteiger partial charge in [-0.15, -0.1) is 0 Å². The molecule has 0 unspecified atom stereocenters. The summed E-state index contributed by atoms with van der Waals surface area (Å²) in [6, 6.07) is 0. The minimum Gasteiger partial charge on any atom is -0.0979 e. The molecule has 0 spiro atoms. The quantitative estimate of drug-likeness (QED) is 0.501. The van der Waals surface area contributed by atoms with Gasteiger partial charge in [-0.3, -0.25) is 0 Å². The molecule has 0 bridgehead atoms. The smallest absolute Gasteiger partial charge is 0.0229 e. The van der Waals surface area contributed by atoms with E-state index in [1.54, 1.807) is 6.08 Å². The van der Waals surface area contributed by atoms with Crippen LogP contribution in [0.3, 0.4) is 0 Å². The number of allylic oxidation sites excluding steroid dienone is 2. The van der Waals surface area contributed by atoms with Crippen LogP contribution in [-0.4, -0.2) is 0 Å². The summed E-state index contributed by atoms with van der Waals surface area (Å²) in [7, 11) is 0. The number of hydrogen-bond acceptors (Lipinski definition) is 0. The van der Waals surface area contributed by atoms with Crippen molar-refractivity contribution in [3.05, 3.63) is 21.2 Å². The summed E-state index contributed by atoms with van der Waals surface area (Å²) in [6.45, 7) is 3.51. The van der Waals surface area contributed by atoms with Crippen LogP contribution in [0.2, 0.25) is 0 Å². The molecule has 0 aliphatic heterocycles. The van der Waals surface area contributed by atoms with E-state index >= 15 is 0 Å². The molecule has 34 valence electrons. The minimum absolute atomic E-state index is 1.03. The van der Waals surface area contributed by atoms with Gasteiger partial charge >= 0.3 is 0 Å². The van der Waals surface area contributed by atoms with Crippen LogP contribution in [0.5, 0.6) is 0 Å². The Kier molecular flexibility index (Phi) is 4.31. The Morgan fingerprint density at radius 2 is 2.33 bits per heavy atom. The Labute approximate surface area is 59.6 Å².